The van der Waals surface area contributed by atoms with Crippen LogP contribution in [0.1, 0.15) is 52.5 Å². The Morgan fingerprint density at radius 2 is 1.07 bits per heavy atom. The molecule has 0 heterocycles. The number of aryl methyl sites for hydroxylation is 1. The maximum Gasteiger partial charge on any atom is 0.119 e. The van der Waals surface area contributed by atoms with Gasteiger partial charge < -0.3 is 28.4 Å². The van der Waals surface area contributed by atoms with E-state index in [-0.39, 0.29) is 6.10 Å². The largest absolute Gasteiger partial charge is 0.491 e. The summed E-state index contributed by atoms with van der Waals surface area (Å²) in [7, 11) is 0. The molecule has 41 heavy (non-hydrogen) atoms. The van der Waals surface area contributed by atoms with Gasteiger partial charge in [0, 0.05) is 15.5 Å². The molecule has 0 N–H and O–H groups in total. The van der Waals surface area contributed by atoms with Gasteiger partial charge in [0.05, 0.1) is 65.6 Å². The van der Waals surface area contributed by atoms with Crippen LogP contribution >= 0.6 is 23.5 Å². The molecule has 0 aliphatic rings. The van der Waals surface area contributed by atoms with Crippen molar-refractivity contribution in [3.8, 4) is 5.75 Å². The van der Waals surface area contributed by atoms with Crippen molar-refractivity contribution >= 4 is 23.5 Å². The van der Waals surface area contributed by atoms with E-state index in [2.05, 4.69) is 57.2 Å². The van der Waals surface area contributed by atoms with Crippen molar-refractivity contribution in [2.24, 2.45) is 0 Å². The average Bonchev–Trinajstić information content (AvgIpc) is 3.01. The Morgan fingerprint density at radius 3 is 1.61 bits per heavy atom. The fraction of sp³-hybridized carbons (Fsp3) is 0.636. The zero-order chi connectivity index (χ0) is 29.8. The zero-order valence-electron chi connectivity index (χ0n) is 26.1. The van der Waals surface area contributed by atoms with E-state index in [1.165, 1.54) is 21.8 Å². The molecule has 2 rings (SSSR count). The molecule has 234 valence electrons. The van der Waals surface area contributed by atoms with Gasteiger partial charge in [-0.15, -0.1) is 23.5 Å². The first-order valence-electron chi connectivity index (χ1n) is 15.2. The van der Waals surface area contributed by atoms with Crippen LogP contribution in [-0.4, -0.2) is 83.7 Å². The van der Waals surface area contributed by atoms with Crippen LogP contribution in [0.15, 0.2) is 58.3 Å². The Bertz CT molecular complexity index is 819. The Kier molecular flexibility index (Phi) is 25.4. The van der Waals surface area contributed by atoms with E-state index in [4.69, 9.17) is 28.4 Å². The van der Waals surface area contributed by atoms with Gasteiger partial charge in [-0.1, -0.05) is 51.8 Å². The highest BCUT2D eigenvalue weighted by molar-refractivity contribution is 7.99. The van der Waals surface area contributed by atoms with Crippen LogP contribution in [0, 0.1) is 6.92 Å². The van der Waals surface area contributed by atoms with Crippen LogP contribution in [0.5, 0.6) is 5.75 Å². The van der Waals surface area contributed by atoms with Crippen LogP contribution in [0.4, 0.5) is 0 Å². The van der Waals surface area contributed by atoms with Crippen molar-refractivity contribution in [1.82, 2.24) is 0 Å². The monoisotopic (exact) mass is 610 g/mol. The third-order valence-electron chi connectivity index (χ3n) is 5.56. The smallest absolute Gasteiger partial charge is 0.119 e. The highest BCUT2D eigenvalue weighted by Crippen LogP contribution is 2.22. The van der Waals surface area contributed by atoms with Crippen molar-refractivity contribution in [3.63, 3.8) is 0 Å². The Balaban J connectivity index is 0.00000411. The minimum absolute atomic E-state index is 0.251. The summed E-state index contributed by atoms with van der Waals surface area (Å²) in [6.07, 6.45) is 3.61. The summed E-state index contributed by atoms with van der Waals surface area (Å²) >= 11 is 3.72. The lowest BCUT2D eigenvalue weighted by Gasteiger charge is -2.17. The van der Waals surface area contributed by atoms with Crippen LogP contribution < -0.4 is 4.74 Å². The molecule has 1 unspecified atom stereocenters. The van der Waals surface area contributed by atoms with Crippen molar-refractivity contribution < 1.29 is 28.4 Å². The van der Waals surface area contributed by atoms with Crippen LogP contribution in [0.3, 0.4) is 0 Å². The number of benzene rings is 2. The molecule has 0 aliphatic carbocycles. The highest BCUT2D eigenvalue weighted by Gasteiger charge is 2.09. The Morgan fingerprint density at radius 1 is 0.585 bits per heavy atom. The second kappa shape index (κ2) is 27.6. The van der Waals surface area contributed by atoms with E-state index in [9.17, 15) is 0 Å². The van der Waals surface area contributed by atoms with E-state index >= 15 is 0 Å². The van der Waals surface area contributed by atoms with Gasteiger partial charge in [-0.3, -0.25) is 0 Å². The molecule has 0 radical (unpaired) electrons. The molecular formula is C33H54O6S2. The summed E-state index contributed by atoms with van der Waals surface area (Å²) in [6.45, 7) is 16.0. The summed E-state index contributed by atoms with van der Waals surface area (Å²) in [5, 5.41) is 0. The lowest BCUT2D eigenvalue weighted by Crippen LogP contribution is -2.19. The van der Waals surface area contributed by atoms with Crippen molar-refractivity contribution in [2.75, 3.05) is 77.6 Å². The molecule has 0 spiro atoms. The molecule has 0 saturated carbocycles. The molecular weight excluding hydrogens is 556 g/mol. The average molecular weight is 611 g/mol. The van der Waals surface area contributed by atoms with Crippen LogP contribution in [0.25, 0.3) is 0 Å². The molecule has 0 aliphatic heterocycles. The summed E-state index contributed by atoms with van der Waals surface area (Å²) in [5.74, 6) is 2.98. The third-order valence-corrected chi connectivity index (χ3v) is 7.92. The van der Waals surface area contributed by atoms with Gasteiger partial charge in [0.1, 0.15) is 12.4 Å². The number of rotatable bonds is 25. The fourth-order valence-corrected chi connectivity index (χ4v) is 5.20. The lowest BCUT2D eigenvalue weighted by atomic mass is 10.2. The summed E-state index contributed by atoms with van der Waals surface area (Å²) < 4.78 is 34.1. The number of hydrogen-bond donors (Lipinski definition) is 0. The normalized spacial score (nSPS) is 11.6. The van der Waals surface area contributed by atoms with Gasteiger partial charge in [0.15, 0.2) is 0 Å². The van der Waals surface area contributed by atoms with E-state index in [0.717, 1.165) is 30.1 Å². The first kappa shape index (κ1) is 37.8. The molecule has 2 aromatic carbocycles. The highest BCUT2D eigenvalue weighted by atomic mass is 32.2. The second-order valence-corrected chi connectivity index (χ2v) is 11.3. The summed E-state index contributed by atoms with van der Waals surface area (Å²) in [4.78, 5) is 2.57. The van der Waals surface area contributed by atoms with E-state index in [1.807, 2.05) is 49.5 Å². The number of thioether (sulfide) groups is 2. The second-order valence-electron chi connectivity index (χ2n) is 9.02. The van der Waals surface area contributed by atoms with Gasteiger partial charge in [-0.2, -0.15) is 0 Å². The molecule has 1 atom stereocenters. The standard InChI is InChI=1S/C31H48O6S2.C2H6/c1-4-6-29(26-39-31-11-7-27(3)8-12-31)37-24-22-35-20-18-33-16-15-32-17-19-34-21-23-36-28-9-13-30(14-10-28)38-25-5-2;1-2/h7-14,29H,4-6,15-26H2,1-3H3;1-2H3. The van der Waals surface area contributed by atoms with Gasteiger partial charge in [0.2, 0.25) is 0 Å². The third kappa shape index (κ3) is 21.1. The molecule has 0 bridgehead atoms. The first-order chi connectivity index (χ1) is 20.2. The molecule has 0 saturated heterocycles. The minimum Gasteiger partial charge on any atom is -0.491 e. The number of ether oxygens (including phenoxy) is 6. The van der Waals surface area contributed by atoms with E-state index < -0.39 is 0 Å². The molecule has 8 heteroatoms. The van der Waals surface area contributed by atoms with Crippen molar-refractivity contribution in [1.29, 1.82) is 0 Å². The molecule has 6 nitrogen and oxygen atoms in total. The lowest BCUT2D eigenvalue weighted by molar-refractivity contribution is -0.0211. The maximum absolute atomic E-state index is 6.05. The summed E-state index contributed by atoms with van der Waals surface area (Å²) in [6, 6.07) is 16.9. The molecule has 2 aromatic rings. The zero-order valence-corrected chi connectivity index (χ0v) is 27.7. The van der Waals surface area contributed by atoms with Gasteiger partial charge in [0.25, 0.3) is 0 Å². The molecule has 0 aromatic heterocycles. The molecule has 0 fully saturated rings. The topological polar surface area (TPSA) is 55.4 Å². The van der Waals surface area contributed by atoms with E-state index in [0.29, 0.717) is 66.1 Å². The predicted molar refractivity (Wildman–Crippen MR) is 174 cm³/mol. The minimum atomic E-state index is 0.251. The summed E-state index contributed by atoms with van der Waals surface area (Å²) in [5.41, 5.74) is 1.29. The van der Waals surface area contributed by atoms with Crippen LogP contribution in [-0.2, 0) is 23.7 Å². The van der Waals surface area contributed by atoms with Crippen molar-refractivity contribution in [2.45, 2.75) is 69.8 Å². The molecule has 0 amide bonds. The Hall–Kier alpha value is -1.26. The van der Waals surface area contributed by atoms with Crippen molar-refractivity contribution in [3.05, 3.63) is 54.1 Å². The van der Waals surface area contributed by atoms with Crippen LogP contribution in [0.2, 0.25) is 0 Å². The maximum atomic E-state index is 6.05. The van der Waals surface area contributed by atoms with E-state index in [1.54, 1.807) is 0 Å². The Labute approximate surface area is 258 Å². The van der Waals surface area contributed by atoms with Gasteiger partial charge >= 0.3 is 0 Å². The first-order valence-corrected chi connectivity index (χ1v) is 17.2. The fourth-order valence-electron chi connectivity index (χ4n) is 3.47. The SMILES string of the molecule is CC.CCCSc1ccc(OCCOCCOCCOCCOCCOC(CCC)CSc2ccc(C)cc2)cc1. The number of hydrogen-bond acceptors (Lipinski definition) is 8. The van der Waals surface area contributed by atoms with Gasteiger partial charge in [-0.25, -0.2) is 0 Å². The van der Waals surface area contributed by atoms with Gasteiger partial charge in [-0.05, 0) is 61.9 Å². The predicted octanol–water partition coefficient (Wildman–Crippen LogP) is 7.95. The quantitative estimate of drug-likeness (QED) is 0.0830.